The first-order valence-electron chi connectivity index (χ1n) is 13.6. The van der Waals surface area contributed by atoms with Crippen molar-refractivity contribution in [1.29, 1.82) is 0 Å². The van der Waals surface area contributed by atoms with Crippen molar-refractivity contribution in [1.82, 2.24) is 4.90 Å². The highest BCUT2D eigenvalue weighted by molar-refractivity contribution is 5.83. The van der Waals surface area contributed by atoms with Crippen molar-refractivity contribution in [2.24, 2.45) is 11.8 Å². The Hall–Kier alpha value is -2.46. The van der Waals surface area contributed by atoms with Gasteiger partial charge in [-0.3, -0.25) is 4.90 Å². The standard InChI is InChI=1S/C23H31NO.C4H6O6.C2H6O/c1-16-6-9-20-22-12-18-7-8-19(25-2)13-21(18)23(20,14-16)10-11-24(22)15-17-4-3-5-17;5-1(3(7)8)2(6)4(9)10;1-2-3/h7-8,13,17,20,22H,1,3-6,9-12,14-15H2,2H3;1-2,5-6H,(H,7,8)(H,9,10);3H,2H2,1H3/t20-,22+,23-;;/m0../s1. The maximum atomic E-state index is 9.77. The maximum absolute atomic E-state index is 9.77. The van der Waals surface area contributed by atoms with Gasteiger partial charge >= 0.3 is 11.9 Å². The fourth-order valence-corrected chi connectivity index (χ4v) is 6.65. The third-order valence-electron chi connectivity index (χ3n) is 8.67. The number of piperidine rings is 1. The van der Waals surface area contributed by atoms with Crippen LogP contribution in [0.4, 0.5) is 0 Å². The SMILES string of the molecule is C=C1CC[C@H]2[C@H]3Cc4ccc(OC)cc4[C@@]2(CCN3CC2CCC2)C1.CCO.O=C(O)C(O)C(O)C(=O)O. The minimum atomic E-state index is -2.27. The quantitative estimate of drug-likeness (QED) is 0.348. The molecule has 0 radical (unpaired) electrons. The molecule has 1 saturated heterocycles. The van der Waals surface area contributed by atoms with Gasteiger partial charge in [0.1, 0.15) is 5.75 Å². The van der Waals surface area contributed by atoms with E-state index in [1.807, 2.05) is 0 Å². The summed E-state index contributed by atoms with van der Waals surface area (Å²) in [6.07, 6.45) is 6.17. The van der Waals surface area contributed by atoms with E-state index in [2.05, 4.69) is 29.7 Å². The number of aliphatic carboxylic acids is 2. The van der Waals surface area contributed by atoms with E-state index in [0.717, 1.165) is 23.6 Å². The van der Waals surface area contributed by atoms with Gasteiger partial charge in [0, 0.05) is 24.6 Å². The first-order chi connectivity index (χ1) is 18.1. The Bertz CT molecular complexity index is 975. The van der Waals surface area contributed by atoms with Crippen molar-refractivity contribution in [3.63, 3.8) is 0 Å². The lowest BCUT2D eigenvalue weighted by molar-refractivity contribution is -0.165. The number of allylic oxidation sites excluding steroid dienone is 1. The van der Waals surface area contributed by atoms with Crippen LogP contribution in [0.2, 0.25) is 0 Å². The van der Waals surface area contributed by atoms with Crippen molar-refractivity contribution in [2.75, 3.05) is 26.8 Å². The van der Waals surface area contributed by atoms with Gasteiger partial charge in [-0.2, -0.15) is 0 Å². The van der Waals surface area contributed by atoms with Gasteiger partial charge in [-0.05, 0) is 93.5 Å². The number of rotatable bonds is 6. The topological polar surface area (TPSA) is 148 Å². The molecule has 4 aliphatic rings. The summed E-state index contributed by atoms with van der Waals surface area (Å²) in [5.41, 5.74) is 4.98. The number of carboxylic acid groups (broad SMARTS) is 2. The molecular weight excluding hydrogens is 490 g/mol. The van der Waals surface area contributed by atoms with Crippen molar-refractivity contribution >= 4 is 11.9 Å². The lowest BCUT2D eigenvalue weighted by Crippen LogP contribution is -2.61. The molecule has 1 aromatic rings. The van der Waals surface area contributed by atoms with E-state index in [9.17, 15) is 9.59 Å². The van der Waals surface area contributed by atoms with Gasteiger partial charge < -0.3 is 30.3 Å². The third kappa shape index (κ3) is 6.39. The van der Waals surface area contributed by atoms with E-state index in [0.29, 0.717) is 5.41 Å². The summed E-state index contributed by atoms with van der Waals surface area (Å²) in [6.45, 7) is 8.97. The molecule has 0 spiro atoms. The van der Waals surface area contributed by atoms with E-state index in [1.165, 1.54) is 70.0 Å². The van der Waals surface area contributed by atoms with E-state index in [-0.39, 0.29) is 6.61 Å². The zero-order chi connectivity index (χ0) is 28.0. The van der Waals surface area contributed by atoms with Crippen LogP contribution in [0.3, 0.4) is 0 Å². The highest BCUT2D eigenvalue weighted by atomic mass is 16.5. The molecular formula is C29H43NO8. The van der Waals surface area contributed by atoms with Gasteiger partial charge in [-0.1, -0.05) is 24.6 Å². The minimum absolute atomic E-state index is 0.250. The van der Waals surface area contributed by atoms with Crippen LogP contribution in [0.15, 0.2) is 30.4 Å². The summed E-state index contributed by atoms with van der Waals surface area (Å²) in [4.78, 5) is 22.4. The molecule has 2 unspecified atom stereocenters. The zero-order valence-corrected chi connectivity index (χ0v) is 22.5. The number of methoxy groups -OCH3 is 1. The van der Waals surface area contributed by atoms with Crippen LogP contribution in [0.1, 0.15) is 63.0 Å². The molecule has 5 rings (SSSR count). The number of benzene rings is 1. The number of hydrogen-bond donors (Lipinski definition) is 5. The smallest absolute Gasteiger partial charge is 0.335 e. The van der Waals surface area contributed by atoms with Crippen LogP contribution in [0, 0.1) is 11.8 Å². The van der Waals surface area contributed by atoms with Crippen LogP contribution < -0.4 is 4.74 Å². The van der Waals surface area contributed by atoms with Gasteiger partial charge in [-0.25, -0.2) is 9.59 Å². The third-order valence-corrected chi connectivity index (χ3v) is 8.67. The van der Waals surface area contributed by atoms with Gasteiger partial charge in [0.25, 0.3) is 0 Å². The summed E-state index contributed by atoms with van der Waals surface area (Å²) in [6, 6.07) is 7.63. The van der Waals surface area contributed by atoms with Crippen molar-refractivity contribution < 1.29 is 39.9 Å². The predicted molar refractivity (Wildman–Crippen MR) is 142 cm³/mol. The molecule has 9 nitrogen and oxygen atoms in total. The van der Waals surface area contributed by atoms with Crippen molar-refractivity contribution in [2.45, 2.75) is 82.0 Å². The van der Waals surface area contributed by atoms with Crippen LogP contribution in [0.25, 0.3) is 0 Å². The summed E-state index contributed by atoms with van der Waals surface area (Å²) >= 11 is 0. The first kappa shape index (κ1) is 30.1. The molecule has 2 saturated carbocycles. The Kier molecular flexibility index (Phi) is 10.3. The highest BCUT2D eigenvalue weighted by Crippen LogP contribution is 2.57. The average Bonchev–Trinajstić information content (AvgIpc) is 2.86. The molecule has 0 amide bonds. The van der Waals surface area contributed by atoms with E-state index in [1.54, 1.807) is 25.2 Å². The number of fused-ring (bicyclic) bond motifs is 1. The molecule has 38 heavy (non-hydrogen) atoms. The second-order valence-electron chi connectivity index (χ2n) is 10.9. The highest BCUT2D eigenvalue weighted by Gasteiger charge is 2.54. The normalized spacial score (nSPS) is 27.6. The number of nitrogens with zero attached hydrogens (tertiary/aromatic N) is 1. The predicted octanol–water partition coefficient (Wildman–Crippen LogP) is 2.60. The fraction of sp³-hybridized carbons (Fsp3) is 0.655. The molecule has 212 valence electrons. The summed E-state index contributed by atoms with van der Waals surface area (Å²) in [7, 11) is 1.80. The Morgan fingerprint density at radius 1 is 1.16 bits per heavy atom. The fourth-order valence-electron chi connectivity index (χ4n) is 6.65. The molecule has 3 aliphatic carbocycles. The average molecular weight is 534 g/mol. The number of ether oxygens (including phenoxy) is 1. The maximum Gasteiger partial charge on any atom is 0.335 e. The summed E-state index contributed by atoms with van der Waals surface area (Å²) < 4.78 is 5.58. The van der Waals surface area contributed by atoms with E-state index >= 15 is 0 Å². The molecule has 5 N–H and O–H groups in total. The second kappa shape index (κ2) is 13.1. The monoisotopic (exact) mass is 533 g/mol. The van der Waals surface area contributed by atoms with Gasteiger partial charge in [0.15, 0.2) is 12.2 Å². The molecule has 2 bridgehead atoms. The number of likely N-dealkylation sites (tertiary alicyclic amines) is 1. The molecule has 1 aliphatic heterocycles. The largest absolute Gasteiger partial charge is 0.497 e. The van der Waals surface area contributed by atoms with Crippen molar-refractivity contribution in [3.8, 4) is 5.75 Å². The Labute approximate surface area is 224 Å². The summed E-state index contributed by atoms with van der Waals surface area (Å²) in [5, 5.41) is 40.1. The summed E-state index contributed by atoms with van der Waals surface area (Å²) in [5.74, 6) is -0.724. The van der Waals surface area contributed by atoms with E-state index < -0.39 is 24.1 Å². The van der Waals surface area contributed by atoms with E-state index in [4.69, 9.17) is 30.3 Å². The second-order valence-corrected chi connectivity index (χ2v) is 10.9. The van der Waals surface area contributed by atoms with Crippen LogP contribution >= 0.6 is 0 Å². The van der Waals surface area contributed by atoms with Crippen LogP contribution in [0.5, 0.6) is 5.75 Å². The van der Waals surface area contributed by atoms with Gasteiger partial charge in [-0.15, -0.1) is 0 Å². The Morgan fingerprint density at radius 3 is 2.32 bits per heavy atom. The number of aliphatic hydroxyl groups excluding tert-OH is 3. The number of carbonyl (C=O) groups is 2. The van der Waals surface area contributed by atoms with Crippen LogP contribution in [-0.2, 0) is 21.4 Å². The lowest BCUT2D eigenvalue weighted by Gasteiger charge is -2.60. The zero-order valence-electron chi connectivity index (χ0n) is 22.5. The molecule has 3 fully saturated rings. The molecule has 5 atom stereocenters. The Morgan fingerprint density at radius 2 is 1.79 bits per heavy atom. The number of hydrogen-bond acceptors (Lipinski definition) is 7. The molecule has 1 aromatic carbocycles. The lowest BCUT2D eigenvalue weighted by atomic mass is 9.51. The van der Waals surface area contributed by atoms with Crippen molar-refractivity contribution in [3.05, 3.63) is 41.5 Å². The first-order valence-corrected chi connectivity index (χ1v) is 13.6. The minimum Gasteiger partial charge on any atom is -0.497 e. The Balaban J connectivity index is 0.000000261. The van der Waals surface area contributed by atoms with Crippen LogP contribution in [-0.4, -0.2) is 87.4 Å². The molecule has 9 heteroatoms. The molecule has 1 heterocycles. The number of carboxylic acids is 2. The molecule has 0 aromatic heterocycles. The van der Waals surface area contributed by atoms with Gasteiger partial charge in [0.2, 0.25) is 0 Å². The van der Waals surface area contributed by atoms with Gasteiger partial charge in [0.05, 0.1) is 7.11 Å². The number of aliphatic hydroxyl groups is 3.